The summed E-state index contributed by atoms with van der Waals surface area (Å²) < 4.78 is 2.02. The van der Waals surface area contributed by atoms with Crippen LogP contribution in [-0.4, -0.2) is 35.1 Å². The minimum Gasteiger partial charge on any atom is -0.353 e. The van der Waals surface area contributed by atoms with Crippen LogP contribution >= 0.6 is 11.8 Å². The van der Waals surface area contributed by atoms with Gasteiger partial charge in [-0.3, -0.25) is 4.79 Å². The van der Waals surface area contributed by atoms with Gasteiger partial charge in [0.15, 0.2) is 0 Å². The fraction of sp³-hybridized carbons (Fsp3) is 0.545. The smallest absolute Gasteiger partial charge is 0.237 e. The first-order chi connectivity index (χ1) is 7.74. The molecular weight excluding hydrogens is 222 g/mol. The predicted octanol–water partition coefficient (Wildman–Crippen LogP) is 0.685. The van der Waals surface area contributed by atoms with Crippen molar-refractivity contribution in [3.63, 3.8) is 0 Å². The van der Waals surface area contributed by atoms with Gasteiger partial charge in [0.2, 0.25) is 5.91 Å². The highest BCUT2D eigenvalue weighted by Gasteiger charge is 2.11. The van der Waals surface area contributed by atoms with Crippen molar-refractivity contribution in [1.29, 1.82) is 0 Å². The van der Waals surface area contributed by atoms with E-state index in [9.17, 15) is 4.79 Å². The molecule has 0 saturated carbocycles. The number of nitrogens with one attached hydrogen (secondary N) is 1. The van der Waals surface area contributed by atoms with Gasteiger partial charge in [-0.05, 0) is 30.6 Å². The van der Waals surface area contributed by atoms with E-state index >= 15 is 0 Å². The van der Waals surface area contributed by atoms with E-state index in [0.717, 1.165) is 18.7 Å². The Morgan fingerprint density at radius 1 is 1.50 bits per heavy atom. The molecule has 1 heterocycles. The van der Waals surface area contributed by atoms with Gasteiger partial charge in [0.05, 0.1) is 6.04 Å². The molecule has 0 fully saturated rings. The second-order valence-electron chi connectivity index (χ2n) is 3.60. The highest BCUT2D eigenvalue weighted by atomic mass is 32.2. The Balaban J connectivity index is 2.14. The Morgan fingerprint density at radius 3 is 2.81 bits per heavy atom. The molecular formula is C11H19N3OS. The molecule has 90 valence electrons. The highest BCUT2D eigenvalue weighted by molar-refractivity contribution is 7.98. The van der Waals surface area contributed by atoms with Crippen LogP contribution in [0.3, 0.4) is 0 Å². The van der Waals surface area contributed by atoms with E-state index in [0.29, 0.717) is 6.54 Å². The molecule has 3 N–H and O–H groups in total. The van der Waals surface area contributed by atoms with Crippen molar-refractivity contribution < 1.29 is 4.79 Å². The number of amides is 1. The molecule has 0 aliphatic carbocycles. The molecule has 0 aromatic carbocycles. The zero-order valence-electron chi connectivity index (χ0n) is 9.56. The van der Waals surface area contributed by atoms with Crippen molar-refractivity contribution in [2.24, 2.45) is 5.73 Å². The summed E-state index contributed by atoms with van der Waals surface area (Å²) in [6, 6.07) is 3.55. The quantitative estimate of drug-likeness (QED) is 0.738. The summed E-state index contributed by atoms with van der Waals surface area (Å²) in [6.07, 6.45) is 6.69. The number of rotatable bonds is 7. The zero-order valence-corrected chi connectivity index (χ0v) is 10.4. The minimum absolute atomic E-state index is 0.0544. The van der Waals surface area contributed by atoms with E-state index in [2.05, 4.69) is 5.32 Å². The molecule has 5 heteroatoms. The van der Waals surface area contributed by atoms with Crippen LogP contribution in [0.1, 0.15) is 6.42 Å². The molecule has 4 nitrogen and oxygen atoms in total. The summed E-state index contributed by atoms with van der Waals surface area (Å²) in [6.45, 7) is 1.41. The number of carbonyl (C=O) groups excluding carboxylic acids is 1. The fourth-order valence-corrected chi connectivity index (χ4v) is 1.82. The number of nitrogens with zero attached hydrogens (tertiary/aromatic N) is 1. The molecule has 1 rings (SSSR count). The summed E-state index contributed by atoms with van der Waals surface area (Å²) >= 11 is 1.71. The van der Waals surface area contributed by atoms with Gasteiger partial charge in [0.25, 0.3) is 0 Å². The van der Waals surface area contributed by atoms with Gasteiger partial charge >= 0.3 is 0 Å². The third-order valence-corrected chi connectivity index (χ3v) is 2.95. The topological polar surface area (TPSA) is 60.1 Å². The molecule has 0 unspecified atom stereocenters. The second-order valence-corrected chi connectivity index (χ2v) is 4.59. The Bertz CT molecular complexity index is 300. The maximum Gasteiger partial charge on any atom is 0.237 e. The number of carbonyl (C=O) groups is 1. The molecule has 0 saturated heterocycles. The average molecular weight is 241 g/mol. The molecule has 0 aliphatic heterocycles. The SMILES string of the molecule is CSCC[C@@H](N)C(=O)NCCn1cccc1. The van der Waals surface area contributed by atoms with Gasteiger partial charge in [0, 0.05) is 25.5 Å². The first-order valence-corrected chi connectivity index (χ1v) is 6.76. The highest BCUT2D eigenvalue weighted by Crippen LogP contribution is 1.98. The molecule has 0 radical (unpaired) electrons. The largest absolute Gasteiger partial charge is 0.353 e. The molecule has 0 aliphatic rings. The molecule has 16 heavy (non-hydrogen) atoms. The van der Waals surface area contributed by atoms with Crippen LogP contribution in [0.15, 0.2) is 24.5 Å². The Kier molecular flexibility index (Phi) is 6.03. The fourth-order valence-electron chi connectivity index (χ4n) is 1.33. The zero-order chi connectivity index (χ0) is 11.8. The Labute approximate surface area is 101 Å². The van der Waals surface area contributed by atoms with Crippen LogP contribution in [0.4, 0.5) is 0 Å². The van der Waals surface area contributed by atoms with Gasteiger partial charge in [-0.15, -0.1) is 0 Å². The van der Waals surface area contributed by atoms with Crippen molar-refractivity contribution in [3.8, 4) is 0 Å². The van der Waals surface area contributed by atoms with Crippen molar-refractivity contribution in [1.82, 2.24) is 9.88 Å². The number of thioether (sulfide) groups is 1. The number of aromatic nitrogens is 1. The number of hydrogen-bond acceptors (Lipinski definition) is 3. The lowest BCUT2D eigenvalue weighted by Gasteiger charge is -2.11. The van der Waals surface area contributed by atoms with E-state index < -0.39 is 0 Å². The van der Waals surface area contributed by atoms with Crippen molar-refractivity contribution >= 4 is 17.7 Å². The number of hydrogen-bond donors (Lipinski definition) is 2. The molecule has 1 aromatic rings. The summed E-state index contributed by atoms with van der Waals surface area (Å²) in [5.41, 5.74) is 5.73. The molecule has 1 amide bonds. The van der Waals surface area contributed by atoms with Crippen molar-refractivity contribution in [2.75, 3.05) is 18.6 Å². The van der Waals surface area contributed by atoms with Gasteiger partial charge in [-0.25, -0.2) is 0 Å². The normalized spacial score (nSPS) is 12.4. The maximum absolute atomic E-state index is 11.5. The first-order valence-electron chi connectivity index (χ1n) is 5.37. The lowest BCUT2D eigenvalue weighted by molar-refractivity contribution is -0.122. The molecule has 1 aromatic heterocycles. The maximum atomic E-state index is 11.5. The lowest BCUT2D eigenvalue weighted by Crippen LogP contribution is -2.42. The summed E-state index contributed by atoms with van der Waals surface area (Å²) in [5.74, 6) is 0.868. The van der Waals surface area contributed by atoms with E-state index in [1.807, 2.05) is 35.3 Å². The molecule has 0 spiro atoms. The van der Waals surface area contributed by atoms with E-state index in [1.54, 1.807) is 11.8 Å². The van der Waals surface area contributed by atoms with Gasteiger partial charge < -0.3 is 15.6 Å². The summed E-state index contributed by atoms with van der Waals surface area (Å²) in [5, 5.41) is 2.84. The van der Waals surface area contributed by atoms with Crippen molar-refractivity contribution in [3.05, 3.63) is 24.5 Å². The second kappa shape index (κ2) is 7.35. The molecule has 1 atom stereocenters. The summed E-state index contributed by atoms with van der Waals surface area (Å²) in [7, 11) is 0. The van der Waals surface area contributed by atoms with Crippen LogP contribution in [0.5, 0.6) is 0 Å². The minimum atomic E-state index is -0.378. The van der Waals surface area contributed by atoms with Crippen LogP contribution in [0.25, 0.3) is 0 Å². The van der Waals surface area contributed by atoms with Crippen LogP contribution in [0.2, 0.25) is 0 Å². The summed E-state index contributed by atoms with van der Waals surface area (Å²) in [4.78, 5) is 11.5. The van der Waals surface area contributed by atoms with Gasteiger partial charge in [-0.1, -0.05) is 0 Å². The van der Waals surface area contributed by atoms with Gasteiger partial charge in [0.1, 0.15) is 0 Å². The average Bonchev–Trinajstić information content (AvgIpc) is 2.78. The van der Waals surface area contributed by atoms with Crippen LogP contribution in [-0.2, 0) is 11.3 Å². The van der Waals surface area contributed by atoms with E-state index in [1.165, 1.54) is 0 Å². The lowest BCUT2D eigenvalue weighted by atomic mass is 10.2. The third kappa shape index (κ3) is 4.72. The predicted molar refractivity (Wildman–Crippen MR) is 68.4 cm³/mol. The number of nitrogens with two attached hydrogens (primary N) is 1. The van der Waals surface area contributed by atoms with Crippen molar-refractivity contribution in [2.45, 2.75) is 19.0 Å². The van der Waals surface area contributed by atoms with E-state index in [-0.39, 0.29) is 11.9 Å². The van der Waals surface area contributed by atoms with Gasteiger partial charge in [-0.2, -0.15) is 11.8 Å². The first kappa shape index (κ1) is 13.1. The van der Waals surface area contributed by atoms with Crippen LogP contribution in [0, 0.1) is 0 Å². The monoisotopic (exact) mass is 241 g/mol. The third-order valence-electron chi connectivity index (χ3n) is 2.31. The van der Waals surface area contributed by atoms with E-state index in [4.69, 9.17) is 5.73 Å². The Hall–Kier alpha value is -0.940. The van der Waals surface area contributed by atoms with Crippen LogP contribution < -0.4 is 11.1 Å². The standard InChI is InChI=1S/C11H19N3OS/c1-16-9-4-10(12)11(15)13-5-8-14-6-2-3-7-14/h2-3,6-7,10H,4-5,8-9,12H2,1H3,(H,13,15)/t10-/m1/s1. The molecule has 0 bridgehead atoms. The Morgan fingerprint density at radius 2 is 2.19 bits per heavy atom.